The van der Waals surface area contributed by atoms with E-state index in [2.05, 4.69) is 6.07 Å². The first-order chi connectivity index (χ1) is 12.7. The van der Waals surface area contributed by atoms with Gasteiger partial charge in [0.05, 0.1) is 24.7 Å². The van der Waals surface area contributed by atoms with E-state index in [0.29, 0.717) is 37.6 Å². The van der Waals surface area contributed by atoms with Crippen molar-refractivity contribution in [3.63, 3.8) is 0 Å². The summed E-state index contributed by atoms with van der Waals surface area (Å²) in [4.78, 5) is 27.9. The van der Waals surface area contributed by atoms with Crippen LogP contribution in [-0.2, 0) is 14.3 Å². The third kappa shape index (κ3) is 5.61. The first-order valence-corrected chi connectivity index (χ1v) is 9.16. The molecule has 27 heavy (non-hydrogen) atoms. The Balaban J connectivity index is 2.21. The lowest BCUT2D eigenvalue weighted by atomic mass is 10.1. The number of fused-ring (bicyclic) bond motifs is 1. The number of carbonyl (C=O) groups excluding carboxylic acids is 2. The second kappa shape index (κ2) is 8.76. The van der Waals surface area contributed by atoms with Gasteiger partial charge in [-0.1, -0.05) is 6.92 Å². The van der Waals surface area contributed by atoms with Crippen LogP contribution < -0.4 is 14.5 Å². The molecule has 7 nitrogen and oxygen atoms in total. The number of hydrogen-bond acceptors (Lipinski definition) is 6. The van der Waals surface area contributed by atoms with Crippen LogP contribution in [0.4, 0.5) is 11.4 Å². The van der Waals surface area contributed by atoms with Gasteiger partial charge in [0.1, 0.15) is 24.5 Å². The molecule has 0 unspecified atom stereocenters. The number of amides is 1. The monoisotopic (exact) mass is 373 g/mol. The van der Waals surface area contributed by atoms with Gasteiger partial charge in [0.15, 0.2) is 0 Å². The van der Waals surface area contributed by atoms with Crippen LogP contribution in [0.3, 0.4) is 0 Å². The van der Waals surface area contributed by atoms with Crippen LogP contribution in [-0.4, -0.2) is 43.7 Å². The van der Waals surface area contributed by atoms with Crippen LogP contribution in [0.1, 0.15) is 40.5 Å². The Labute approximate surface area is 160 Å². The molecular formula is C20H27N3O4. The second-order valence-corrected chi connectivity index (χ2v) is 7.32. The SMILES string of the molecule is CCC(=O)N(CCC#N)c1ccc2c(c1)OCCN2CC(=O)OC(C)(C)C. The van der Waals surface area contributed by atoms with Gasteiger partial charge in [-0.2, -0.15) is 5.26 Å². The third-order valence-electron chi connectivity index (χ3n) is 4.01. The predicted octanol–water partition coefficient (Wildman–Crippen LogP) is 2.88. The number of benzene rings is 1. The molecule has 0 spiro atoms. The first-order valence-electron chi connectivity index (χ1n) is 9.16. The molecule has 0 bridgehead atoms. The van der Waals surface area contributed by atoms with Crippen molar-refractivity contribution in [2.75, 3.05) is 36.0 Å². The zero-order valence-electron chi connectivity index (χ0n) is 16.4. The highest BCUT2D eigenvalue weighted by molar-refractivity contribution is 5.94. The largest absolute Gasteiger partial charge is 0.489 e. The van der Waals surface area contributed by atoms with Gasteiger partial charge >= 0.3 is 5.97 Å². The molecule has 1 aromatic carbocycles. The molecule has 146 valence electrons. The van der Waals surface area contributed by atoms with E-state index in [1.165, 1.54) is 0 Å². The number of carbonyl (C=O) groups is 2. The highest BCUT2D eigenvalue weighted by Gasteiger charge is 2.25. The minimum absolute atomic E-state index is 0.0494. The molecule has 0 saturated heterocycles. The Morgan fingerprint density at radius 3 is 2.74 bits per heavy atom. The Kier molecular flexibility index (Phi) is 6.67. The van der Waals surface area contributed by atoms with Gasteiger partial charge in [0.2, 0.25) is 5.91 Å². The molecule has 2 rings (SSSR count). The van der Waals surface area contributed by atoms with Gasteiger partial charge in [0, 0.05) is 24.7 Å². The Morgan fingerprint density at radius 1 is 1.37 bits per heavy atom. The summed E-state index contributed by atoms with van der Waals surface area (Å²) < 4.78 is 11.2. The molecule has 7 heteroatoms. The van der Waals surface area contributed by atoms with Gasteiger partial charge in [-0.25, -0.2) is 0 Å². The number of hydrogen-bond donors (Lipinski definition) is 0. The fraction of sp³-hybridized carbons (Fsp3) is 0.550. The molecule has 0 aromatic heterocycles. The van der Waals surface area contributed by atoms with E-state index in [4.69, 9.17) is 14.7 Å². The Bertz CT molecular complexity index is 734. The normalized spacial score (nSPS) is 13.2. The van der Waals surface area contributed by atoms with Crippen LogP contribution >= 0.6 is 0 Å². The maximum Gasteiger partial charge on any atom is 0.326 e. The van der Waals surface area contributed by atoms with Crippen LogP contribution in [0.5, 0.6) is 5.75 Å². The van der Waals surface area contributed by atoms with E-state index in [9.17, 15) is 9.59 Å². The zero-order chi connectivity index (χ0) is 20.0. The number of nitriles is 1. The maximum atomic E-state index is 12.2. The van der Waals surface area contributed by atoms with Crippen molar-refractivity contribution in [2.45, 2.75) is 46.1 Å². The quantitative estimate of drug-likeness (QED) is 0.713. The van der Waals surface area contributed by atoms with E-state index in [-0.39, 0.29) is 24.8 Å². The number of anilines is 2. The lowest BCUT2D eigenvalue weighted by Gasteiger charge is -2.32. The molecule has 1 aromatic rings. The summed E-state index contributed by atoms with van der Waals surface area (Å²) in [6.45, 7) is 8.81. The van der Waals surface area contributed by atoms with Crippen molar-refractivity contribution < 1.29 is 19.1 Å². The highest BCUT2D eigenvalue weighted by atomic mass is 16.6. The van der Waals surface area contributed by atoms with Crippen molar-refractivity contribution in [3.05, 3.63) is 18.2 Å². The smallest absolute Gasteiger partial charge is 0.326 e. The molecular weight excluding hydrogens is 346 g/mol. The molecule has 1 aliphatic rings. The summed E-state index contributed by atoms with van der Waals surface area (Å²) in [7, 11) is 0. The average Bonchev–Trinajstić information content (AvgIpc) is 2.60. The van der Waals surface area contributed by atoms with E-state index in [0.717, 1.165) is 5.69 Å². The zero-order valence-corrected chi connectivity index (χ0v) is 16.4. The minimum Gasteiger partial charge on any atom is -0.489 e. The summed E-state index contributed by atoms with van der Waals surface area (Å²) >= 11 is 0. The average molecular weight is 373 g/mol. The van der Waals surface area contributed by atoms with Gasteiger partial charge in [0.25, 0.3) is 0 Å². The standard InChI is InChI=1S/C20H27N3O4/c1-5-18(24)23(10-6-9-21)15-7-8-16-17(13-15)26-12-11-22(16)14-19(25)27-20(2,3)4/h7-8,13H,5-6,10-12,14H2,1-4H3. The van der Waals surface area contributed by atoms with Crippen molar-refractivity contribution in [1.82, 2.24) is 0 Å². The van der Waals surface area contributed by atoms with Crippen molar-refractivity contribution in [1.29, 1.82) is 5.26 Å². The molecule has 1 heterocycles. The predicted molar refractivity (Wildman–Crippen MR) is 103 cm³/mol. The summed E-state index contributed by atoms with van der Waals surface area (Å²) in [6, 6.07) is 7.53. The van der Waals surface area contributed by atoms with E-state index >= 15 is 0 Å². The molecule has 1 amide bonds. The maximum absolute atomic E-state index is 12.2. The Hall–Kier alpha value is -2.75. The second-order valence-electron chi connectivity index (χ2n) is 7.32. The van der Waals surface area contributed by atoms with Crippen LogP contribution in [0, 0.1) is 11.3 Å². The summed E-state index contributed by atoms with van der Waals surface area (Å²) in [6.07, 6.45) is 0.614. The summed E-state index contributed by atoms with van der Waals surface area (Å²) in [5, 5.41) is 8.84. The number of ether oxygens (including phenoxy) is 2. The van der Waals surface area contributed by atoms with E-state index < -0.39 is 5.60 Å². The van der Waals surface area contributed by atoms with Crippen molar-refractivity contribution in [2.24, 2.45) is 0 Å². The van der Waals surface area contributed by atoms with Crippen molar-refractivity contribution in [3.8, 4) is 11.8 Å². The molecule has 0 atom stereocenters. The van der Waals surface area contributed by atoms with E-state index in [1.54, 1.807) is 17.9 Å². The topological polar surface area (TPSA) is 82.9 Å². The fourth-order valence-corrected chi connectivity index (χ4v) is 2.88. The molecule has 0 aliphatic carbocycles. The molecule has 0 fully saturated rings. The van der Waals surface area contributed by atoms with Crippen LogP contribution in [0.15, 0.2) is 18.2 Å². The molecule has 0 radical (unpaired) electrons. The van der Waals surface area contributed by atoms with Crippen LogP contribution in [0.25, 0.3) is 0 Å². The fourth-order valence-electron chi connectivity index (χ4n) is 2.88. The van der Waals surface area contributed by atoms with Gasteiger partial charge in [-0.3, -0.25) is 9.59 Å². The summed E-state index contributed by atoms with van der Waals surface area (Å²) in [5.74, 6) is 0.274. The number of rotatable bonds is 6. The summed E-state index contributed by atoms with van der Waals surface area (Å²) in [5.41, 5.74) is 0.952. The molecule has 1 aliphatic heterocycles. The third-order valence-corrected chi connectivity index (χ3v) is 4.01. The van der Waals surface area contributed by atoms with Gasteiger partial charge in [-0.05, 0) is 32.9 Å². The molecule has 0 N–H and O–H groups in total. The minimum atomic E-state index is -0.530. The van der Waals surface area contributed by atoms with Gasteiger partial charge < -0.3 is 19.3 Å². The number of nitrogens with zero attached hydrogens (tertiary/aromatic N) is 3. The molecule has 0 saturated carbocycles. The first kappa shape index (κ1) is 20.6. The van der Waals surface area contributed by atoms with Crippen molar-refractivity contribution >= 4 is 23.3 Å². The van der Waals surface area contributed by atoms with Crippen LogP contribution in [0.2, 0.25) is 0 Å². The lowest BCUT2D eigenvalue weighted by Crippen LogP contribution is -2.39. The Morgan fingerprint density at radius 2 is 2.11 bits per heavy atom. The highest BCUT2D eigenvalue weighted by Crippen LogP contribution is 2.35. The van der Waals surface area contributed by atoms with Gasteiger partial charge in [-0.15, -0.1) is 0 Å². The van der Waals surface area contributed by atoms with E-state index in [1.807, 2.05) is 37.8 Å². The number of esters is 1. The lowest BCUT2D eigenvalue weighted by molar-refractivity contribution is -0.153.